The van der Waals surface area contributed by atoms with Crippen LogP contribution in [0.1, 0.15) is 0 Å². The lowest BCUT2D eigenvalue weighted by Gasteiger charge is -2.09. The van der Waals surface area contributed by atoms with Crippen molar-refractivity contribution in [3.05, 3.63) is 164 Å². The van der Waals surface area contributed by atoms with E-state index in [1.165, 1.54) is 25.7 Å². The molecule has 234 valence electrons. The molecule has 0 bridgehead atoms. The van der Waals surface area contributed by atoms with E-state index in [-0.39, 0.29) is 0 Å². The molecule has 3 aromatic heterocycles. The number of rotatable bonds is 5. The maximum Gasteiger partial charge on any atom is 0.164 e. The third-order valence-electron chi connectivity index (χ3n) is 9.34. The standard InChI is InChI=1S/C45H27N3OS/c1-3-11-28(12-4-1)30-15-9-16-32(25-30)44-46-43(29-13-5-2-6-14-29)47-45(48-44)33-22-24-36-35-23-21-31(26-39(35)49-40(36)27-33)34-18-10-19-38-37-17-7-8-20-41(37)50-42(34)38/h1-27H. The van der Waals surface area contributed by atoms with Gasteiger partial charge in [0.25, 0.3) is 0 Å². The molecule has 7 aromatic carbocycles. The van der Waals surface area contributed by atoms with Crippen LogP contribution in [0, 0.1) is 0 Å². The number of thiophene rings is 1. The normalized spacial score (nSPS) is 11.6. The monoisotopic (exact) mass is 657 g/mol. The predicted octanol–water partition coefficient (Wildman–Crippen LogP) is 12.5. The van der Waals surface area contributed by atoms with Crippen LogP contribution in [0.15, 0.2) is 168 Å². The van der Waals surface area contributed by atoms with Gasteiger partial charge in [0.2, 0.25) is 0 Å². The zero-order valence-electron chi connectivity index (χ0n) is 26.7. The van der Waals surface area contributed by atoms with Gasteiger partial charge in [-0.3, -0.25) is 0 Å². The Bertz CT molecular complexity index is 2870. The van der Waals surface area contributed by atoms with Crippen molar-refractivity contribution < 1.29 is 4.42 Å². The van der Waals surface area contributed by atoms with Crippen LogP contribution in [0.5, 0.6) is 0 Å². The number of nitrogens with zero attached hydrogens (tertiary/aromatic N) is 3. The molecule has 0 radical (unpaired) electrons. The second kappa shape index (κ2) is 11.6. The Morgan fingerprint density at radius 1 is 0.360 bits per heavy atom. The van der Waals surface area contributed by atoms with Gasteiger partial charge in [-0.05, 0) is 58.7 Å². The Kier molecular flexibility index (Phi) is 6.64. The highest BCUT2D eigenvalue weighted by Crippen LogP contribution is 2.41. The van der Waals surface area contributed by atoms with Gasteiger partial charge in [-0.25, -0.2) is 15.0 Å². The van der Waals surface area contributed by atoms with Gasteiger partial charge in [-0.15, -0.1) is 11.3 Å². The molecule has 0 N–H and O–H groups in total. The van der Waals surface area contributed by atoms with Crippen LogP contribution in [0.2, 0.25) is 0 Å². The molecule has 5 heteroatoms. The van der Waals surface area contributed by atoms with Gasteiger partial charge in [-0.2, -0.15) is 0 Å². The molecule has 0 atom stereocenters. The zero-order chi connectivity index (χ0) is 33.0. The molecule has 0 fully saturated rings. The van der Waals surface area contributed by atoms with Gasteiger partial charge < -0.3 is 4.42 Å². The molecule has 0 spiro atoms. The van der Waals surface area contributed by atoms with Crippen LogP contribution >= 0.6 is 11.3 Å². The van der Waals surface area contributed by atoms with E-state index in [9.17, 15) is 0 Å². The Balaban J connectivity index is 1.09. The van der Waals surface area contributed by atoms with Crippen molar-refractivity contribution in [1.29, 1.82) is 0 Å². The van der Waals surface area contributed by atoms with E-state index in [4.69, 9.17) is 19.4 Å². The fourth-order valence-electron chi connectivity index (χ4n) is 6.88. The van der Waals surface area contributed by atoms with Crippen molar-refractivity contribution >= 4 is 53.4 Å². The van der Waals surface area contributed by atoms with Gasteiger partial charge in [0.15, 0.2) is 17.5 Å². The first-order chi connectivity index (χ1) is 24.7. The number of benzene rings is 7. The Labute approximate surface area is 292 Å². The maximum atomic E-state index is 6.57. The van der Waals surface area contributed by atoms with Gasteiger partial charge in [0, 0.05) is 47.6 Å². The lowest BCUT2D eigenvalue weighted by Crippen LogP contribution is -2.00. The van der Waals surface area contributed by atoms with Crippen LogP contribution in [-0.2, 0) is 0 Å². The number of aromatic nitrogens is 3. The number of fused-ring (bicyclic) bond motifs is 6. The summed E-state index contributed by atoms with van der Waals surface area (Å²) in [7, 11) is 0. The van der Waals surface area contributed by atoms with Crippen molar-refractivity contribution in [2.75, 3.05) is 0 Å². The molecule has 0 amide bonds. The van der Waals surface area contributed by atoms with Crippen LogP contribution in [0.25, 0.3) is 98.5 Å². The average Bonchev–Trinajstić information content (AvgIpc) is 3.76. The summed E-state index contributed by atoms with van der Waals surface area (Å²) in [5, 5.41) is 4.73. The van der Waals surface area contributed by atoms with Crippen molar-refractivity contribution in [1.82, 2.24) is 15.0 Å². The quantitative estimate of drug-likeness (QED) is 0.185. The van der Waals surface area contributed by atoms with Crippen molar-refractivity contribution in [3.8, 4) is 56.4 Å². The summed E-state index contributed by atoms with van der Waals surface area (Å²) in [5.74, 6) is 1.84. The number of furan rings is 1. The molecule has 10 rings (SSSR count). The lowest BCUT2D eigenvalue weighted by molar-refractivity contribution is 0.669. The Morgan fingerprint density at radius 3 is 1.66 bits per heavy atom. The second-order valence-electron chi connectivity index (χ2n) is 12.4. The summed E-state index contributed by atoms with van der Waals surface area (Å²) in [5.41, 5.74) is 8.99. The van der Waals surface area contributed by atoms with Gasteiger partial charge in [0.1, 0.15) is 11.2 Å². The summed E-state index contributed by atoms with van der Waals surface area (Å²) in [4.78, 5) is 15.0. The van der Waals surface area contributed by atoms with Crippen LogP contribution in [-0.4, -0.2) is 15.0 Å². The van der Waals surface area contributed by atoms with Gasteiger partial charge in [0.05, 0.1) is 0 Å². The molecule has 0 aliphatic heterocycles. The Hall–Kier alpha value is -6.43. The summed E-state index contributed by atoms with van der Waals surface area (Å²) in [6, 6.07) is 56.8. The van der Waals surface area contributed by atoms with Crippen molar-refractivity contribution in [2.24, 2.45) is 0 Å². The molecule has 0 aliphatic carbocycles. The zero-order valence-corrected chi connectivity index (χ0v) is 27.6. The third kappa shape index (κ3) is 4.87. The number of hydrogen-bond acceptors (Lipinski definition) is 5. The fourth-order valence-corrected chi connectivity index (χ4v) is 8.12. The molecule has 0 saturated heterocycles. The topological polar surface area (TPSA) is 51.8 Å². The van der Waals surface area contributed by atoms with E-state index < -0.39 is 0 Å². The minimum absolute atomic E-state index is 0.596. The first-order valence-corrected chi connectivity index (χ1v) is 17.4. The lowest BCUT2D eigenvalue weighted by atomic mass is 10.0. The minimum Gasteiger partial charge on any atom is -0.456 e. The van der Waals surface area contributed by atoms with Gasteiger partial charge >= 0.3 is 0 Å². The van der Waals surface area contributed by atoms with E-state index in [0.29, 0.717) is 17.5 Å². The molecule has 0 aliphatic rings. The van der Waals surface area contributed by atoms with Crippen molar-refractivity contribution in [3.63, 3.8) is 0 Å². The first-order valence-electron chi connectivity index (χ1n) is 16.6. The smallest absolute Gasteiger partial charge is 0.164 e. The van der Waals surface area contributed by atoms with E-state index in [1.54, 1.807) is 0 Å². The molecular weight excluding hydrogens is 631 g/mol. The highest BCUT2D eigenvalue weighted by Gasteiger charge is 2.17. The summed E-state index contributed by atoms with van der Waals surface area (Å²) < 4.78 is 9.17. The molecule has 3 heterocycles. The molecule has 10 aromatic rings. The number of hydrogen-bond donors (Lipinski definition) is 0. The molecular formula is C45H27N3OS. The average molecular weight is 658 g/mol. The predicted molar refractivity (Wildman–Crippen MR) is 207 cm³/mol. The molecule has 0 saturated carbocycles. The van der Waals surface area contributed by atoms with E-state index in [1.807, 2.05) is 47.7 Å². The largest absolute Gasteiger partial charge is 0.456 e. The first kappa shape index (κ1) is 28.6. The highest BCUT2D eigenvalue weighted by atomic mass is 32.1. The summed E-state index contributed by atoms with van der Waals surface area (Å²) >= 11 is 1.84. The summed E-state index contributed by atoms with van der Waals surface area (Å²) in [6.45, 7) is 0. The van der Waals surface area contributed by atoms with Crippen LogP contribution in [0.4, 0.5) is 0 Å². The summed E-state index contributed by atoms with van der Waals surface area (Å²) in [6.07, 6.45) is 0. The van der Waals surface area contributed by atoms with Crippen molar-refractivity contribution in [2.45, 2.75) is 0 Å². The van der Waals surface area contributed by atoms with E-state index in [2.05, 4.69) is 127 Å². The Morgan fingerprint density at radius 2 is 0.900 bits per heavy atom. The molecule has 50 heavy (non-hydrogen) atoms. The second-order valence-corrected chi connectivity index (χ2v) is 13.5. The molecule has 0 unspecified atom stereocenters. The molecule has 4 nitrogen and oxygen atoms in total. The highest BCUT2D eigenvalue weighted by molar-refractivity contribution is 7.26. The fraction of sp³-hybridized carbons (Fsp3) is 0. The SMILES string of the molecule is c1ccc(-c2cccc(-c3nc(-c4ccccc4)nc(-c4ccc5c(c4)oc4cc(-c6cccc7c6sc6ccccc67)ccc45)n3)c2)cc1. The van der Waals surface area contributed by atoms with Crippen LogP contribution in [0.3, 0.4) is 0 Å². The third-order valence-corrected chi connectivity index (χ3v) is 10.6. The minimum atomic E-state index is 0.596. The van der Waals surface area contributed by atoms with E-state index >= 15 is 0 Å². The maximum absolute atomic E-state index is 6.57. The van der Waals surface area contributed by atoms with Gasteiger partial charge in [-0.1, -0.05) is 127 Å². The van der Waals surface area contributed by atoms with Crippen LogP contribution < -0.4 is 0 Å². The van der Waals surface area contributed by atoms with E-state index in [0.717, 1.165) is 55.3 Å².